The van der Waals surface area contributed by atoms with Gasteiger partial charge >= 0.3 is 0 Å². The van der Waals surface area contributed by atoms with Gasteiger partial charge in [-0.05, 0) is 61.0 Å². The smallest absolute Gasteiger partial charge is 0.255 e. The number of nitrogens with one attached hydrogen (secondary N) is 2. The van der Waals surface area contributed by atoms with E-state index in [2.05, 4.69) is 10.6 Å². The third kappa shape index (κ3) is 5.19. The molecule has 27 heavy (non-hydrogen) atoms. The lowest BCUT2D eigenvalue weighted by molar-refractivity contribution is 0.0949. The Morgan fingerprint density at radius 1 is 0.852 bits per heavy atom. The number of rotatable bonds is 5. The summed E-state index contributed by atoms with van der Waals surface area (Å²) in [5, 5.41) is 6.28. The van der Waals surface area contributed by atoms with Crippen molar-refractivity contribution in [2.75, 3.05) is 5.32 Å². The van der Waals surface area contributed by atoms with Crippen molar-refractivity contribution < 1.29 is 9.59 Å². The zero-order valence-corrected chi connectivity index (χ0v) is 15.6. The highest BCUT2D eigenvalue weighted by atomic mass is 35.5. The lowest BCUT2D eigenvalue weighted by atomic mass is 10.1. The van der Waals surface area contributed by atoms with Gasteiger partial charge in [-0.25, -0.2) is 0 Å². The van der Waals surface area contributed by atoms with Gasteiger partial charge in [-0.1, -0.05) is 41.4 Å². The molecule has 0 fully saturated rings. The van der Waals surface area contributed by atoms with Gasteiger partial charge in [0.2, 0.25) is 0 Å². The average molecular weight is 379 g/mol. The third-order valence-corrected chi connectivity index (χ3v) is 4.30. The zero-order valence-electron chi connectivity index (χ0n) is 14.8. The van der Waals surface area contributed by atoms with E-state index >= 15 is 0 Å². The fourth-order valence-corrected chi connectivity index (χ4v) is 2.74. The SMILES string of the molecule is Cc1cccc(CNC(=O)c2ccc(C(=O)Nc3ccc(Cl)cc3)cc2)c1. The Bertz CT molecular complexity index is 951. The van der Waals surface area contributed by atoms with Gasteiger partial charge < -0.3 is 10.6 Å². The number of hydrogen-bond donors (Lipinski definition) is 2. The monoisotopic (exact) mass is 378 g/mol. The Morgan fingerprint density at radius 3 is 2.11 bits per heavy atom. The molecule has 0 heterocycles. The van der Waals surface area contributed by atoms with Crippen LogP contribution >= 0.6 is 11.6 Å². The first-order valence-electron chi connectivity index (χ1n) is 8.52. The minimum Gasteiger partial charge on any atom is -0.348 e. The van der Waals surface area contributed by atoms with Gasteiger partial charge in [0.25, 0.3) is 11.8 Å². The number of carbonyl (C=O) groups is 2. The second-order valence-electron chi connectivity index (χ2n) is 6.21. The van der Waals surface area contributed by atoms with Crippen molar-refractivity contribution in [3.8, 4) is 0 Å². The molecule has 4 nitrogen and oxygen atoms in total. The molecule has 0 saturated heterocycles. The maximum absolute atomic E-state index is 12.3. The third-order valence-electron chi connectivity index (χ3n) is 4.05. The highest BCUT2D eigenvalue weighted by Crippen LogP contribution is 2.15. The molecule has 0 unspecified atom stereocenters. The molecule has 2 amide bonds. The molecule has 5 heteroatoms. The number of carbonyl (C=O) groups excluding carboxylic acids is 2. The van der Waals surface area contributed by atoms with Crippen LogP contribution in [0.25, 0.3) is 0 Å². The number of amides is 2. The topological polar surface area (TPSA) is 58.2 Å². The van der Waals surface area contributed by atoms with Crippen LogP contribution in [0.3, 0.4) is 0 Å². The van der Waals surface area contributed by atoms with E-state index in [4.69, 9.17) is 11.6 Å². The van der Waals surface area contributed by atoms with Crippen molar-refractivity contribution in [3.63, 3.8) is 0 Å². The van der Waals surface area contributed by atoms with Crippen LogP contribution in [-0.2, 0) is 6.54 Å². The van der Waals surface area contributed by atoms with Gasteiger partial charge in [0.05, 0.1) is 0 Å². The van der Waals surface area contributed by atoms with Gasteiger partial charge in [0.1, 0.15) is 0 Å². The lowest BCUT2D eigenvalue weighted by Gasteiger charge is -2.08. The summed E-state index contributed by atoms with van der Waals surface area (Å²) in [7, 11) is 0. The highest BCUT2D eigenvalue weighted by molar-refractivity contribution is 6.30. The second-order valence-corrected chi connectivity index (χ2v) is 6.65. The first kappa shape index (κ1) is 18.7. The van der Waals surface area contributed by atoms with Crippen LogP contribution in [0.5, 0.6) is 0 Å². The quantitative estimate of drug-likeness (QED) is 0.668. The molecule has 0 radical (unpaired) electrons. The average Bonchev–Trinajstić information content (AvgIpc) is 2.68. The van der Waals surface area contributed by atoms with Crippen LogP contribution in [0.4, 0.5) is 5.69 Å². The maximum atomic E-state index is 12.3. The summed E-state index contributed by atoms with van der Waals surface area (Å²) < 4.78 is 0. The van der Waals surface area contributed by atoms with Crippen LogP contribution < -0.4 is 10.6 Å². The standard InChI is InChI=1S/C22H19ClN2O2/c1-15-3-2-4-16(13-15)14-24-21(26)17-5-7-18(8-6-17)22(27)25-20-11-9-19(23)10-12-20/h2-13H,14H2,1H3,(H,24,26)(H,25,27). The van der Waals surface area contributed by atoms with E-state index in [0.29, 0.717) is 28.4 Å². The Kier molecular flexibility index (Phi) is 5.89. The summed E-state index contributed by atoms with van der Waals surface area (Å²) in [4.78, 5) is 24.6. The van der Waals surface area contributed by atoms with E-state index in [9.17, 15) is 9.59 Å². The largest absolute Gasteiger partial charge is 0.348 e. The molecule has 3 rings (SSSR count). The normalized spacial score (nSPS) is 10.3. The van der Waals surface area contributed by atoms with Crippen molar-refractivity contribution in [2.24, 2.45) is 0 Å². The van der Waals surface area contributed by atoms with Crippen LogP contribution in [0.15, 0.2) is 72.8 Å². The molecule has 0 aliphatic rings. The molecule has 0 atom stereocenters. The number of hydrogen-bond acceptors (Lipinski definition) is 2. The Hall–Kier alpha value is -3.11. The molecule has 0 bridgehead atoms. The maximum Gasteiger partial charge on any atom is 0.255 e. The molecule has 0 aliphatic heterocycles. The van der Waals surface area contributed by atoms with E-state index in [-0.39, 0.29) is 11.8 Å². The van der Waals surface area contributed by atoms with Crippen molar-refractivity contribution >= 4 is 29.1 Å². The summed E-state index contributed by atoms with van der Waals surface area (Å²) in [5.41, 5.74) is 3.83. The molecule has 3 aromatic carbocycles. The predicted molar refractivity (Wildman–Crippen MR) is 108 cm³/mol. The molecule has 136 valence electrons. The van der Waals surface area contributed by atoms with E-state index < -0.39 is 0 Å². The molecule has 0 aliphatic carbocycles. The number of benzene rings is 3. The molecule has 0 spiro atoms. The van der Waals surface area contributed by atoms with E-state index in [0.717, 1.165) is 11.1 Å². The fraction of sp³-hybridized carbons (Fsp3) is 0.0909. The van der Waals surface area contributed by atoms with Crippen molar-refractivity contribution in [3.05, 3.63) is 100 Å². The van der Waals surface area contributed by atoms with Crippen LogP contribution in [0.2, 0.25) is 5.02 Å². The summed E-state index contributed by atoms with van der Waals surface area (Å²) in [6.45, 7) is 2.47. The second kappa shape index (κ2) is 8.52. The van der Waals surface area contributed by atoms with Gasteiger partial charge in [0, 0.05) is 28.4 Å². The van der Waals surface area contributed by atoms with Crippen molar-refractivity contribution in [2.45, 2.75) is 13.5 Å². The summed E-state index contributed by atoms with van der Waals surface area (Å²) in [6, 6.07) is 21.4. The number of aryl methyl sites for hydroxylation is 1. The van der Waals surface area contributed by atoms with E-state index in [1.165, 1.54) is 0 Å². The van der Waals surface area contributed by atoms with Crippen LogP contribution in [-0.4, -0.2) is 11.8 Å². The number of anilines is 1. The zero-order chi connectivity index (χ0) is 19.2. The molecule has 0 aromatic heterocycles. The minimum atomic E-state index is -0.246. The van der Waals surface area contributed by atoms with Crippen LogP contribution in [0, 0.1) is 6.92 Å². The Balaban J connectivity index is 1.59. The van der Waals surface area contributed by atoms with E-state index in [1.807, 2.05) is 31.2 Å². The minimum absolute atomic E-state index is 0.179. The lowest BCUT2D eigenvalue weighted by Crippen LogP contribution is -2.23. The first-order valence-corrected chi connectivity index (χ1v) is 8.90. The molecule has 3 aromatic rings. The van der Waals surface area contributed by atoms with Gasteiger partial charge in [-0.2, -0.15) is 0 Å². The molecular formula is C22H19ClN2O2. The fourth-order valence-electron chi connectivity index (χ4n) is 2.62. The van der Waals surface area contributed by atoms with Crippen molar-refractivity contribution in [1.82, 2.24) is 5.32 Å². The summed E-state index contributed by atoms with van der Waals surface area (Å²) >= 11 is 5.83. The Labute approximate surface area is 163 Å². The van der Waals surface area contributed by atoms with E-state index in [1.54, 1.807) is 48.5 Å². The molecule has 2 N–H and O–H groups in total. The highest BCUT2D eigenvalue weighted by Gasteiger charge is 2.09. The molecular weight excluding hydrogens is 360 g/mol. The van der Waals surface area contributed by atoms with Crippen LogP contribution in [0.1, 0.15) is 31.8 Å². The number of halogens is 1. The molecule has 0 saturated carbocycles. The summed E-state index contributed by atoms with van der Waals surface area (Å²) in [5.74, 6) is -0.426. The predicted octanol–water partition coefficient (Wildman–Crippen LogP) is 4.83. The van der Waals surface area contributed by atoms with Gasteiger partial charge in [-0.15, -0.1) is 0 Å². The van der Waals surface area contributed by atoms with Crippen molar-refractivity contribution in [1.29, 1.82) is 0 Å². The van der Waals surface area contributed by atoms with Gasteiger partial charge in [0.15, 0.2) is 0 Å². The first-order chi connectivity index (χ1) is 13.0. The summed E-state index contributed by atoms with van der Waals surface area (Å²) in [6.07, 6.45) is 0. The van der Waals surface area contributed by atoms with Gasteiger partial charge in [-0.3, -0.25) is 9.59 Å². The Morgan fingerprint density at radius 2 is 1.48 bits per heavy atom.